The molecule has 0 aliphatic rings. The third kappa shape index (κ3) is 4.09. The molecule has 0 aliphatic heterocycles. The van der Waals surface area contributed by atoms with Crippen LogP contribution in [0.3, 0.4) is 0 Å². The van der Waals surface area contributed by atoms with E-state index in [0.717, 1.165) is 6.07 Å². The second-order valence-electron chi connectivity index (χ2n) is 4.56. The molecule has 0 saturated carbocycles. The molecule has 0 saturated heterocycles. The highest BCUT2D eigenvalue weighted by atomic mass is 35.5. The first kappa shape index (κ1) is 16.2. The van der Waals surface area contributed by atoms with Crippen molar-refractivity contribution in [1.29, 1.82) is 0 Å². The van der Waals surface area contributed by atoms with Crippen molar-refractivity contribution in [3.63, 3.8) is 0 Å². The summed E-state index contributed by atoms with van der Waals surface area (Å²) in [6.45, 7) is 3.93. The number of carbonyl (C=O) groups excluding carboxylic acids is 1. The van der Waals surface area contributed by atoms with Gasteiger partial charge in [0.05, 0.1) is 5.02 Å². The molecule has 1 amide bonds. The topological polar surface area (TPSA) is 78.9 Å². The van der Waals surface area contributed by atoms with Gasteiger partial charge in [0.25, 0.3) is 5.91 Å². The van der Waals surface area contributed by atoms with E-state index in [9.17, 15) is 9.18 Å². The van der Waals surface area contributed by atoms with E-state index < -0.39 is 5.82 Å². The van der Waals surface area contributed by atoms with Crippen molar-refractivity contribution in [3.8, 4) is 0 Å². The van der Waals surface area contributed by atoms with E-state index >= 15 is 0 Å². The first-order valence-corrected chi connectivity index (χ1v) is 6.47. The predicted molar refractivity (Wildman–Crippen MR) is 75.6 cm³/mol. The summed E-state index contributed by atoms with van der Waals surface area (Å²) < 4.78 is 13.4. The highest BCUT2D eigenvalue weighted by Gasteiger charge is 2.20. The summed E-state index contributed by atoms with van der Waals surface area (Å²) in [4.78, 5) is 13.8. The summed E-state index contributed by atoms with van der Waals surface area (Å²) >= 11 is 5.59. The number of nitrogens with zero attached hydrogens (tertiary/aromatic N) is 2. The van der Waals surface area contributed by atoms with Crippen LogP contribution in [0.25, 0.3) is 0 Å². The molecule has 0 heterocycles. The van der Waals surface area contributed by atoms with E-state index in [-0.39, 0.29) is 41.3 Å². The van der Waals surface area contributed by atoms with Crippen LogP contribution in [-0.2, 0) is 0 Å². The zero-order valence-corrected chi connectivity index (χ0v) is 12.1. The molecule has 20 heavy (non-hydrogen) atoms. The molecule has 7 heteroatoms. The van der Waals surface area contributed by atoms with Gasteiger partial charge in [0.15, 0.2) is 0 Å². The van der Waals surface area contributed by atoms with E-state index in [0.29, 0.717) is 0 Å². The van der Waals surface area contributed by atoms with Gasteiger partial charge in [-0.3, -0.25) is 4.79 Å². The van der Waals surface area contributed by atoms with Crippen molar-refractivity contribution in [3.05, 3.63) is 34.6 Å². The van der Waals surface area contributed by atoms with Crippen molar-refractivity contribution in [2.24, 2.45) is 10.9 Å². The minimum absolute atomic E-state index is 0.0331. The van der Waals surface area contributed by atoms with Gasteiger partial charge in [-0.15, -0.1) is 0 Å². The molecular weight excluding hydrogens is 285 g/mol. The van der Waals surface area contributed by atoms with Crippen molar-refractivity contribution in [1.82, 2.24) is 4.90 Å². The molecule has 0 aromatic heterocycles. The van der Waals surface area contributed by atoms with Crippen molar-refractivity contribution >= 4 is 23.3 Å². The molecule has 5 nitrogen and oxygen atoms in total. The molecule has 0 aliphatic carbocycles. The van der Waals surface area contributed by atoms with Crippen molar-refractivity contribution in [2.45, 2.75) is 26.3 Å². The lowest BCUT2D eigenvalue weighted by molar-refractivity contribution is 0.0710. The Labute approximate surface area is 121 Å². The zero-order valence-electron chi connectivity index (χ0n) is 11.3. The first-order chi connectivity index (χ1) is 9.36. The normalized spacial score (nSPS) is 11.8. The second kappa shape index (κ2) is 7.09. The van der Waals surface area contributed by atoms with Crippen LogP contribution in [0.1, 0.15) is 30.6 Å². The lowest BCUT2D eigenvalue weighted by Crippen LogP contribution is -2.39. The molecule has 110 valence electrons. The molecular formula is C13H17ClFN3O2. The SMILES string of the molecule is CC(C)N(CC/C(N)=N/O)C(=O)c1ccc(Cl)c(F)c1. The van der Waals surface area contributed by atoms with E-state index in [2.05, 4.69) is 5.16 Å². The first-order valence-electron chi connectivity index (χ1n) is 6.09. The maximum Gasteiger partial charge on any atom is 0.254 e. The van der Waals surface area contributed by atoms with Gasteiger partial charge in [-0.25, -0.2) is 4.39 Å². The molecule has 0 fully saturated rings. The molecule has 1 aromatic rings. The van der Waals surface area contributed by atoms with E-state index in [1.165, 1.54) is 17.0 Å². The van der Waals surface area contributed by atoms with Crippen LogP contribution in [0, 0.1) is 5.82 Å². The predicted octanol–water partition coefficient (Wildman–Crippen LogP) is 2.47. The van der Waals surface area contributed by atoms with Gasteiger partial charge in [0.2, 0.25) is 0 Å². The van der Waals surface area contributed by atoms with Crippen LogP contribution >= 0.6 is 11.6 Å². The summed E-state index contributed by atoms with van der Waals surface area (Å²) in [5, 5.41) is 11.3. The fraction of sp³-hybridized carbons (Fsp3) is 0.385. The molecule has 0 atom stereocenters. The average Bonchev–Trinajstić information content (AvgIpc) is 2.41. The maximum atomic E-state index is 13.4. The number of hydrogen-bond acceptors (Lipinski definition) is 3. The number of amidine groups is 1. The third-order valence-corrected chi connectivity index (χ3v) is 3.09. The Balaban J connectivity index is 2.90. The summed E-state index contributed by atoms with van der Waals surface area (Å²) in [6.07, 6.45) is 0.233. The molecule has 3 N–H and O–H groups in total. The number of rotatable bonds is 5. The number of nitrogens with two attached hydrogens (primary N) is 1. The number of carbonyl (C=O) groups is 1. The third-order valence-electron chi connectivity index (χ3n) is 2.79. The number of amides is 1. The summed E-state index contributed by atoms with van der Waals surface area (Å²) in [7, 11) is 0. The Morgan fingerprint density at radius 3 is 2.70 bits per heavy atom. The van der Waals surface area contributed by atoms with Gasteiger partial charge in [-0.1, -0.05) is 16.8 Å². The van der Waals surface area contributed by atoms with Crippen LogP contribution in [0.15, 0.2) is 23.4 Å². The Bertz CT molecular complexity index is 520. The van der Waals surface area contributed by atoms with Gasteiger partial charge in [0.1, 0.15) is 11.7 Å². The Kier molecular flexibility index (Phi) is 5.76. The largest absolute Gasteiger partial charge is 0.409 e. The van der Waals surface area contributed by atoms with Gasteiger partial charge in [-0.2, -0.15) is 0 Å². The Hall–Kier alpha value is -1.82. The van der Waals surface area contributed by atoms with Gasteiger partial charge >= 0.3 is 0 Å². The van der Waals surface area contributed by atoms with E-state index in [1.807, 2.05) is 13.8 Å². The summed E-state index contributed by atoms with van der Waals surface area (Å²) in [5.41, 5.74) is 5.60. The fourth-order valence-electron chi connectivity index (χ4n) is 1.67. The van der Waals surface area contributed by atoms with Crippen molar-refractivity contribution in [2.75, 3.05) is 6.54 Å². The standard InChI is InChI=1S/C13H17ClFN3O2/c1-8(2)18(6-5-12(16)17-20)13(19)9-3-4-10(14)11(15)7-9/h3-4,7-8,20H,5-6H2,1-2H3,(H2,16,17). The van der Waals surface area contributed by atoms with Gasteiger partial charge in [-0.05, 0) is 32.0 Å². The minimum Gasteiger partial charge on any atom is -0.409 e. The number of benzene rings is 1. The molecule has 0 unspecified atom stereocenters. The van der Waals surface area contributed by atoms with Crippen LogP contribution in [-0.4, -0.2) is 34.4 Å². The number of hydrogen-bond donors (Lipinski definition) is 2. The minimum atomic E-state index is -0.641. The molecule has 0 bridgehead atoms. The van der Waals surface area contributed by atoms with Crippen LogP contribution in [0.5, 0.6) is 0 Å². The maximum absolute atomic E-state index is 13.4. The van der Waals surface area contributed by atoms with Crippen LogP contribution in [0.4, 0.5) is 4.39 Å². The van der Waals surface area contributed by atoms with Gasteiger partial charge in [0, 0.05) is 24.6 Å². The Morgan fingerprint density at radius 2 is 2.20 bits per heavy atom. The highest BCUT2D eigenvalue weighted by molar-refractivity contribution is 6.30. The zero-order chi connectivity index (χ0) is 15.3. The fourth-order valence-corrected chi connectivity index (χ4v) is 1.79. The monoisotopic (exact) mass is 301 g/mol. The van der Waals surface area contributed by atoms with Crippen LogP contribution < -0.4 is 5.73 Å². The molecule has 0 spiro atoms. The van der Waals surface area contributed by atoms with E-state index in [4.69, 9.17) is 22.5 Å². The Morgan fingerprint density at radius 1 is 1.55 bits per heavy atom. The number of halogens is 2. The summed E-state index contributed by atoms with van der Waals surface area (Å²) in [6, 6.07) is 3.80. The van der Waals surface area contributed by atoms with E-state index in [1.54, 1.807) is 0 Å². The highest BCUT2D eigenvalue weighted by Crippen LogP contribution is 2.17. The van der Waals surface area contributed by atoms with Gasteiger partial charge < -0.3 is 15.8 Å². The average molecular weight is 302 g/mol. The second-order valence-corrected chi connectivity index (χ2v) is 4.97. The molecule has 1 rings (SSSR count). The van der Waals surface area contributed by atoms with Crippen molar-refractivity contribution < 1.29 is 14.4 Å². The molecule has 1 aromatic carbocycles. The molecule has 0 radical (unpaired) electrons. The lowest BCUT2D eigenvalue weighted by Gasteiger charge is -2.26. The number of oxime groups is 1. The van der Waals surface area contributed by atoms with Crippen LogP contribution in [0.2, 0.25) is 5.02 Å². The lowest BCUT2D eigenvalue weighted by atomic mass is 10.1. The summed E-state index contributed by atoms with van der Waals surface area (Å²) in [5.74, 6) is -0.940. The quantitative estimate of drug-likeness (QED) is 0.379. The smallest absolute Gasteiger partial charge is 0.254 e.